The van der Waals surface area contributed by atoms with Crippen LogP contribution in [0.4, 0.5) is 23.2 Å². The Morgan fingerprint density at radius 1 is 1.13 bits per heavy atom. The Kier molecular flexibility index (Phi) is 5.64. The van der Waals surface area contributed by atoms with Gasteiger partial charge < -0.3 is 15.5 Å². The molecule has 1 fully saturated rings. The fourth-order valence-electron chi connectivity index (χ4n) is 3.35. The number of nitrogens with two attached hydrogens (primary N) is 1. The molecule has 0 aromatic heterocycles. The fraction of sp³-hybridized carbons (Fsp3) is 0.250. The van der Waals surface area contributed by atoms with Crippen LogP contribution in [0.15, 0.2) is 42.5 Å². The van der Waals surface area contributed by atoms with Crippen LogP contribution in [0.25, 0.3) is 0 Å². The van der Waals surface area contributed by atoms with Gasteiger partial charge in [-0.3, -0.25) is 9.59 Å². The van der Waals surface area contributed by atoms with Crippen molar-refractivity contribution in [2.75, 3.05) is 24.5 Å². The van der Waals surface area contributed by atoms with Crippen LogP contribution >= 0.6 is 0 Å². The van der Waals surface area contributed by atoms with E-state index in [-0.39, 0.29) is 30.9 Å². The highest BCUT2D eigenvalue weighted by Gasteiger charge is 2.37. The van der Waals surface area contributed by atoms with Crippen LogP contribution < -0.4 is 10.6 Å². The molecule has 1 aliphatic heterocycles. The number of hydrogen-bond acceptors (Lipinski definition) is 4. The maximum absolute atomic E-state index is 13.4. The largest absolute Gasteiger partial charge is 0.417 e. The highest BCUT2D eigenvalue weighted by atomic mass is 19.4. The molecule has 2 N–H and O–H groups in total. The van der Waals surface area contributed by atoms with Gasteiger partial charge in [-0.2, -0.15) is 18.4 Å². The quantitative estimate of drug-likeness (QED) is 0.773. The summed E-state index contributed by atoms with van der Waals surface area (Å²) in [5.74, 6) is -2.06. The lowest BCUT2D eigenvalue weighted by Crippen LogP contribution is -2.60. The third-order valence-electron chi connectivity index (χ3n) is 4.84. The van der Waals surface area contributed by atoms with Gasteiger partial charge in [-0.05, 0) is 36.4 Å². The molecule has 10 heteroatoms. The number of carbonyl (C=O) groups is 2. The van der Waals surface area contributed by atoms with Gasteiger partial charge in [0.2, 0.25) is 5.91 Å². The van der Waals surface area contributed by atoms with Gasteiger partial charge in [-0.15, -0.1) is 0 Å². The number of nitrogens with zero attached hydrogens (tertiary/aromatic N) is 3. The summed E-state index contributed by atoms with van der Waals surface area (Å²) in [4.78, 5) is 27.4. The molecule has 30 heavy (non-hydrogen) atoms. The Morgan fingerprint density at radius 2 is 1.87 bits per heavy atom. The van der Waals surface area contributed by atoms with Crippen molar-refractivity contribution in [1.29, 1.82) is 5.26 Å². The first kappa shape index (κ1) is 21.1. The number of amides is 2. The van der Waals surface area contributed by atoms with Gasteiger partial charge in [-0.1, -0.05) is 6.07 Å². The van der Waals surface area contributed by atoms with Gasteiger partial charge in [-0.25, -0.2) is 4.39 Å². The molecule has 2 aromatic rings. The Morgan fingerprint density at radius 3 is 2.47 bits per heavy atom. The first-order valence-corrected chi connectivity index (χ1v) is 8.84. The van der Waals surface area contributed by atoms with Crippen LogP contribution in [0.3, 0.4) is 0 Å². The smallest absolute Gasteiger partial charge is 0.368 e. The third kappa shape index (κ3) is 4.20. The Bertz CT molecular complexity index is 1030. The number of halogens is 4. The van der Waals surface area contributed by atoms with Gasteiger partial charge in [0, 0.05) is 30.9 Å². The van der Waals surface area contributed by atoms with Crippen LogP contribution in [0.2, 0.25) is 0 Å². The molecule has 6 nitrogen and oxygen atoms in total. The van der Waals surface area contributed by atoms with Crippen molar-refractivity contribution < 1.29 is 27.2 Å². The van der Waals surface area contributed by atoms with Crippen molar-refractivity contribution in [2.45, 2.75) is 12.2 Å². The van der Waals surface area contributed by atoms with Crippen LogP contribution in [0, 0.1) is 17.1 Å². The topological polar surface area (TPSA) is 90.4 Å². The van der Waals surface area contributed by atoms with E-state index in [0.717, 1.165) is 18.2 Å². The monoisotopic (exact) mass is 420 g/mol. The van der Waals surface area contributed by atoms with Crippen molar-refractivity contribution in [3.8, 4) is 6.07 Å². The summed E-state index contributed by atoms with van der Waals surface area (Å²) in [7, 11) is 0. The SMILES string of the molecule is N#Cc1ccc(N2CCN(C(=O)c3cccc(F)c3)C(C(N)=O)C2)cc1C(F)(F)F. The second-order valence-corrected chi connectivity index (χ2v) is 6.71. The summed E-state index contributed by atoms with van der Waals surface area (Å²) in [6.45, 7) is -0.0298. The molecule has 2 aromatic carbocycles. The van der Waals surface area contributed by atoms with Crippen LogP contribution in [-0.4, -0.2) is 42.4 Å². The number of piperazine rings is 1. The van der Waals surface area contributed by atoms with E-state index in [1.165, 1.54) is 40.1 Å². The molecule has 0 saturated carbocycles. The molecule has 0 bridgehead atoms. The van der Waals surface area contributed by atoms with Crippen molar-refractivity contribution in [1.82, 2.24) is 4.90 Å². The molecule has 1 atom stereocenters. The van der Waals surface area contributed by atoms with E-state index in [1.54, 1.807) is 0 Å². The number of alkyl halides is 3. The van der Waals surface area contributed by atoms with Crippen molar-refractivity contribution in [2.24, 2.45) is 5.73 Å². The maximum Gasteiger partial charge on any atom is 0.417 e. The maximum atomic E-state index is 13.4. The molecule has 2 amide bonds. The summed E-state index contributed by atoms with van der Waals surface area (Å²) < 4.78 is 53.2. The zero-order valence-electron chi connectivity index (χ0n) is 15.5. The van der Waals surface area contributed by atoms with E-state index >= 15 is 0 Å². The molecular formula is C20H16F4N4O2. The van der Waals surface area contributed by atoms with Gasteiger partial charge in [0.15, 0.2) is 0 Å². The van der Waals surface area contributed by atoms with Crippen molar-refractivity contribution in [3.63, 3.8) is 0 Å². The van der Waals surface area contributed by atoms with Gasteiger partial charge in [0.25, 0.3) is 5.91 Å². The predicted molar refractivity (Wildman–Crippen MR) is 98.8 cm³/mol. The average molecular weight is 420 g/mol. The zero-order chi connectivity index (χ0) is 22.1. The second kappa shape index (κ2) is 8.02. The van der Waals surface area contributed by atoms with E-state index in [1.807, 2.05) is 0 Å². The average Bonchev–Trinajstić information content (AvgIpc) is 2.71. The van der Waals surface area contributed by atoms with E-state index < -0.39 is 41.0 Å². The third-order valence-corrected chi connectivity index (χ3v) is 4.84. The summed E-state index contributed by atoms with van der Waals surface area (Å²) in [6, 6.07) is 8.57. The molecule has 0 aliphatic carbocycles. The number of hydrogen-bond donors (Lipinski definition) is 1. The van der Waals surface area contributed by atoms with E-state index in [9.17, 15) is 27.2 Å². The fourth-order valence-corrected chi connectivity index (χ4v) is 3.35. The lowest BCUT2D eigenvalue weighted by atomic mass is 10.0. The standard InChI is InChI=1S/C20H16F4N4O2/c21-14-3-1-2-12(8-14)19(30)28-7-6-27(11-17(28)18(26)29)15-5-4-13(10-25)16(9-15)20(22,23)24/h1-5,8-9,17H,6-7,11H2,(H2,26,29). The van der Waals surface area contributed by atoms with Crippen molar-refractivity contribution >= 4 is 17.5 Å². The second-order valence-electron chi connectivity index (χ2n) is 6.71. The Hall–Kier alpha value is -3.61. The van der Waals surface area contributed by atoms with Crippen LogP contribution in [-0.2, 0) is 11.0 Å². The van der Waals surface area contributed by atoms with Gasteiger partial charge in [0.1, 0.15) is 11.9 Å². The van der Waals surface area contributed by atoms with Gasteiger partial charge in [0.05, 0.1) is 17.2 Å². The molecule has 1 heterocycles. The first-order valence-electron chi connectivity index (χ1n) is 8.84. The minimum atomic E-state index is -4.72. The van der Waals surface area contributed by atoms with E-state index in [2.05, 4.69) is 0 Å². The number of nitriles is 1. The lowest BCUT2D eigenvalue weighted by molar-refractivity contribution is -0.137. The highest BCUT2D eigenvalue weighted by Crippen LogP contribution is 2.35. The normalized spacial score (nSPS) is 16.8. The summed E-state index contributed by atoms with van der Waals surface area (Å²) in [5.41, 5.74) is 4.01. The number of primary amides is 1. The molecule has 3 rings (SSSR count). The minimum Gasteiger partial charge on any atom is -0.368 e. The Labute approximate surface area is 169 Å². The minimum absolute atomic E-state index is 0.00962. The highest BCUT2D eigenvalue weighted by molar-refractivity contribution is 5.97. The van der Waals surface area contributed by atoms with E-state index in [0.29, 0.717) is 0 Å². The zero-order valence-corrected chi connectivity index (χ0v) is 15.5. The predicted octanol–water partition coefficient (Wildman–Crippen LogP) is 2.53. The number of rotatable bonds is 3. The molecule has 1 aliphatic rings. The molecule has 0 spiro atoms. The van der Waals surface area contributed by atoms with E-state index in [4.69, 9.17) is 11.0 Å². The molecule has 156 valence electrons. The lowest BCUT2D eigenvalue weighted by Gasteiger charge is -2.41. The molecule has 0 radical (unpaired) electrons. The number of carbonyl (C=O) groups excluding carboxylic acids is 2. The molecule has 1 unspecified atom stereocenters. The van der Waals surface area contributed by atoms with Crippen LogP contribution in [0.1, 0.15) is 21.5 Å². The Balaban J connectivity index is 1.88. The summed E-state index contributed by atoms with van der Waals surface area (Å²) in [5, 5.41) is 8.93. The van der Waals surface area contributed by atoms with Crippen molar-refractivity contribution in [3.05, 3.63) is 65.0 Å². The van der Waals surface area contributed by atoms with Crippen LogP contribution in [0.5, 0.6) is 0 Å². The molecule has 1 saturated heterocycles. The number of benzene rings is 2. The molecular weight excluding hydrogens is 404 g/mol. The van der Waals surface area contributed by atoms with Gasteiger partial charge >= 0.3 is 6.18 Å². The first-order chi connectivity index (χ1) is 14.1. The summed E-state index contributed by atoms with van der Waals surface area (Å²) >= 11 is 0. The summed E-state index contributed by atoms with van der Waals surface area (Å²) in [6.07, 6.45) is -4.72. The number of anilines is 1.